The number of thiophene rings is 1. The Bertz CT molecular complexity index is 469. The highest BCUT2D eigenvalue weighted by atomic mass is 32.1. The van der Waals surface area contributed by atoms with Crippen molar-refractivity contribution in [2.24, 2.45) is 5.73 Å². The van der Waals surface area contributed by atoms with Gasteiger partial charge in [-0.2, -0.15) is 0 Å². The van der Waals surface area contributed by atoms with Crippen molar-refractivity contribution in [1.82, 2.24) is 4.98 Å². The van der Waals surface area contributed by atoms with Crippen molar-refractivity contribution in [2.45, 2.75) is 26.8 Å². The molecule has 0 aliphatic carbocycles. The van der Waals surface area contributed by atoms with Crippen LogP contribution in [0.3, 0.4) is 0 Å². The lowest BCUT2D eigenvalue weighted by atomic mass is 10.2. The molecule has 0 saturated carbocycles. The van der Waals surface area contributed by atoms with Gasteiger partial charge in [0.05, 0.1) is 5.69 Å². The van der Waals surface area contributed by atoms with E-state index in [9.17, 15) is 0 Å². The van der Waals surface area contributed by atoms with Crippen molar-refractivity contribution < 1.29 is 0 Å². The fourth-order valence-electron chi connectivity index (χ4n) is 1.46. The number of hydrogen-bond donors (Lipinski definition) is 1. The van der Waals surface area contributed by atoms with Gasteiger partial charge in [-0.3, -0.25) is 0 Å². The molecule has 2 aromatic rings. The Balaban J connectivity index is 2.41. The summed E-state index contributed by atoms with van der Waals surface area (Å²) in [5, 5.41) is 3.14. The number of nitrogens with zero attached hydrogens (tertiary/aromatic N) is 1. The maximum absolute atomic E-state index is 5.80. The Morgan fingerprint density at radius 3 is 2.60 bits per heavy atom. The predicted octanol–water partition coefficient (Wildman–Crippen LogP) is 3.51. The Kier molecular flexibility index (Phi) is 2.91. The molecule has 2 N–H and O–H groups in total. The summed E-state index contributed by atoms with van der Waals surface area (Å²) in [6.45, 7) is 6.23. The second kappa shape index (κ2) is 4.04. The summed E-state index contributed by atoms with van der Waals surface area (Å²) in [4.78, 5) is 7.22. The van der Waals surface area contributed by atoms with Gasteiger partial charge < -0.3 is 5.73 Å². The normalized spacial score (nSPS) is 13.1. The van der Waals surface area contributed by atoms with E-state index in [0.717, 1.165) is 10.7 Å². The molecule has 4 heteroatoms. The van der Waals surface area contributed by atoms with Crippen LogP contribution in [-0.2, 0) is 0 Å². The predicted molar refractivity (Wildman–Crippen MR) is 67.5 cm³/mol. The highest BCUT2D eigenvalue weighted by Crippen LogP contribution is 2.33. The first-order valence-corrected chi connectivity index (χ1v) is 6.56. The third kappa shape index (κ3) is 2.12. The number of hydrogen-bond acceptors (Lipinski definition) is 4. The fourth-order valence-corrected chi connectivity index (χ4v) is 3.45. The minimum Gasteiger partial charge on any atom is -0.323 e. The molecule has 2 nitrogen and oxygen atoms in total. The van der Waals surface area contributed by atoms with E-state index >= 15 is 0 Å². The third-order valence-corrected chi connectivity index (χ3v) is 4.12. The molecule has 0 amide bonds. The number of aryl methyl sites for hydroxylation is 2. The summed E-state index contributed by atoms with van der Waals surface area (Å²) < 4.78 is 0. The van der Waals surface area contributed by atoms with Crippen LogP contribution in [0.25, 0.3) is 10.6 Å². The first kappa shape index (κ1) is 10.8. The molecule has 2 heterocycles. The van der Waals surface area contributed by atoms with Crippen molar-refractivity contribution in [1.29, 1.82) is 0 Å². The molecule has 15 heavy (non-hydrogen) atoms. The molecule has 0 saturated heterocycles. The summed E-state index contributed by atoms with van der Waals surface area (Å²) in [6.07, 6.45) is 0. The van der Waals surface area contributed by atoms with Gasteiger partial charge in [0.15, 0.2) is 0 Å². The molecule has 0 spiro atoms. The van der Waals surface area contributed by atoms with Gasteiger partial charge in [0.2, 0.25) is 0 Å². The number of aromatic nitrogens is 1. The van der Waals surface area contributed by atoms with Crippen LogP contribution in [0.4, 0.5) is 0 Å². The standard InChI is InChI=1S/C11H14N2S2/c1-6-4-9(8(3)15-6)11-13-10(5-14-11)7(2)12/h4-5,7H,12H2,1-3H3. The Hall–Kier alpha value is -0.710. The summed E-state index contributed by atoms with van der Waals surface area (Å²) in [5.41, 5.74) is 8.04. The topological polar surface area (TPSA) is 38.9 Å². The van der Waals surface area contributed by atoms with E-state index in [0.29, 0.717) is 0 Å². The Morgan fingerprint density at radius 2 is 2.13 bits per heavy atom. The van der Waals surface area contributed by atoms with E-state index < -0.39 is 0 Å². The number of thiazole rings is 1. The van der Waals surface area contributed by atoms with Crippen LogP contribution in [0.5, 0.6) is 0 Å². The minimum absolute atomic E-state index is 0.0232. The van der Waals surface area contributed by atoms with E-state index in [2.05, 4.69) is 24.9 Å². The molecule has 0 aliphatic rings. The monoisotopic (exact) mass is 238 g/mol. The van der Waals surface area contributed by atoms with Gasteiger partial charge in [-0.15, -0.1) is 22.7 Å². The lowest BCUT2D eigenvalue weighted by molar-refractivity contribution is 0.790. The molecule has 1 atom stereocenters. The zero-order chi connectivity index (χ0) is 11.0. The second-order valence-corrected chi connectivity index (χ2v) is 6.01. The molecule has 2 rings (SSSR count). The van der Waals surface area contributed by atoms with Crippen molar-refractivity contribution in [3.63, 3.8) is 0 Å². The molecule has 0 bridgehead atoms. The maximum Gasteiger partial charge on any atom is 0.124 e. The molecular formula is C11H14N2S2. The van der Waals surface area contributed by atoms with Crippen molar-refractivity contribution in [2.75, 3.05) is 0 Å². The van der Waals surface area contributed by atoms with E-state index in [1.807, 2.05) is 23.6 Å². The summed E-state index contributed by atoms with van der Waals surface area (Å²) in [7, 11) is 0. The minimum atomic E-state index is 0.0232. The Morgan fingerprint density at radius 1 is 1.40 bits per heavy atom. The van der Waals surface area contributed by atoms with Crippen molar-refractivity contribution >= 4 is 22.7 Å². The van der Waals surface area contributed by atoms with Crippen LogP contribution in [0.2, 0.25) is 0 Å². The van der Waals surface area contributed by atoms with Crippen molar-refractivity contribution in [3.05, 3.63) is 26.9 Å². The van der Waals surface area contributed by atoms with Gasteiger partial charge in [0, 0.05) is 26.7 Å². The van der Waals surface area contributed by atoms with Gasteiger partial charge in [-0.1, -0.05) is 0 Å². The fraction of sp³-hybridized carbons (Fsp3) is 0.364. The third-order valence-electron chi connectivity index (χ3n) is 2.26. The zero-order valence-corrected chi connectivity index (χ0v) is 10.7. The Labute approximate surface area is 97.8 Å². The van der Waals surface area contributed by atoms with Gasteiger partial charge in [0.25, 0.3) is 0 Å². The van der Waals surface area contributed by atoms with Crippen LogP contribution in [-0.4, -0.2) is 4.98 Å². The number of nitrogens with two attached hydrogens (primary N) is 1. The molecule has 0 aromatic carbocycles. The van der Waals surface area contributed by atoms with Crippen LogP contribution < -0.4 is 5.73 Å². The lowest BCUT2D eigenvalue weighted by Gasteiger charge is -1.97. The zero-order valence-electron chi connectivity index (χ0n) is 9.07. The average molecular weight is 238 g/mol. The maximum atomic E-state index is 5.80. The van der Waals surface area contributed by atoms with Gasteiger partial charge >= 0.3 is 0 Å². The van der Waals surface area contributed by atoms with Crippen LogP contribution in [0, 0.1) is 13.8 Å². The molecule has 80 valence electrons. The van der Waals surface area contributed by atoms with E-state index in [1.54, 1.807) is 11.3 Å². The number of rotatable bonds is 2. The van der Waals surface area contributed by atoms with Gasteiger partial charge in [0.1, 0.15) is 5.01 Å². The molecule has 0 fully saturated rings. The van der Waals surface area contributed by atoms with Crippen molar-refractivity contribution in [3.8, 4) is 10.6 Å². The smallest absolute Gasteiger partial charge is 0.124 e. The van der Waals surface area contributed by atoms with E-state index in [1.165, 1.54) is 15.3 Å². The average Bonchev–Trinajstić information content (AvgIpc) is 2.71. The molecule has 0 radical (unpaired) electrons. The first-order valence-electron chi connectivity index (χ1n) is 4.86. The van der Waals surface area contributed by atoms with Crippen LogP contribution in [0.15, 0.2) is 11.4 Å². The summed E-state index contributed by atoms with van der Waals surface area (Å²) >= 11 is 3.49. The summed E-state index contributed by atoms with van der Waals surface area (Å²) in [5.74, 6) is 0. The molecular weight excluding hydrogens is 224 g/mol. The second-order valence-electron chi connectivity index (χ2n) is 3.69. The first-order chi connectivity index (χ1) is 7.08. The van der Waals surface area contributed by atoms with E-state index in [-0.39, 0.29) is 6.04 Å². The SMILES string of the molecule is Cc1cc(-c2nc(C(C)N)cs2)c(C)s1. The van der Waals surface area contributed by atoms with Crippen LogP contribution in [0.1, 0.15) is 28.4 Å². The largest absolute Gasteiger partial charge is 0.323 e. The molecule has 2 aromatic heterocycles. The van der Waals surface area contributed by atoms with E-state index in [4.69, 9.17) is 5.73 Å². The lowest BCUT2D eigenvalue weighted by Crippen LogP contribution is -2.04. The van der Waals surface area contributed by atoms with Crippen LogP contribution >= 0.6 is 22.7 Å². The highest BCUT2D eigenvalue weighted by molar-refractivity contribution is 7.15. The summed E-state index contributed by atoms with van der Waals surface area (Å²) in [6, 6.07) is 2.22. The quantitative estimate of drug-likeness (QED) is 0.869. The van der Waals surface area contributed by atoms with Gasteiger partial charge in [-0.25, -0.2) is 4.98 Å². The molecule has 0 aliphatic heterocycles. The molecule has 1 unspecified atom stereocenters. The highest BCUT2D eigenvalue weighted by Gasteiger charge is 2.11. The van der Waals surface area contributed by atoms with Gasteiger partial charge in [-0.05, 0) is 26.8 Å².